The van der Waals surface area contributed by atoms with Crippen LogP contribution in [-0.4, -0.2) is 9.97 Å². The zero-order chi connectivity index (χ0) is 13.1. The minimum Gasteiger partial charge on any atom is -0.292 e. The summed E-state index contributed by atoms with van der Waals surface area (Å²) in [4.78, 5) is 8.28. The van der Waals surface area contributed by atoms with Gasteiger partial charge in [-0.05, 0) is 18.2 Å². The molecule has 18 heavy (non-hydrogen) atoms. The maximum Gasteiger partial charge on any atom is 0.238 e. The van der Waals surface area contributed by atoms with Crippen molar-refractivity contribution >= 4 is 29.3 Å². The van der Waals surface area contributed by atoms with Gasteiger partial charge in [-0.1, -0.05) is 23.4 Å². The van der Waals surface area contributed by atoms with E-state index in [4.69, 9.17) is 17.4 Å². The van der Waals surface area contributed by atoms with Gasteiger partial charge in [-0.2, -0.15) is 0 Å². The Morgan fingerprint density at radius 3 is 2.72 bits per heavy atom. The van der Waals surface area contributed by atoms with Crippen LogP contribution in [0, 0.1) is 11.6 Å². The van der Waals surface area contributed by atoms with Gasteiger partial charge in [0.1, 0.15) is 5.03 Å². The molecular formula is C10H7ClF2N4S. The second-order valence-corrected chi connectivity index (χ2v) is 4.64. The van der Waals surface area contributed by atoms with Crippen molar-refractivity contribution in [2.24, 2.45) is 5.84 Å². The summed E-state index contributed by atoms with van der Waals surface area (Å²) >= 11 is 6.97. The first kappa shape index (κ1) is 13.0. The zero-order valence-electron chi connectivity index (χ0n) is 8.82. The average molecular weight is 289 g/mol. The normalized spacial score (nSPS) is 10.4. The van der Waals surface area contributed by atoms with Crippen molar-refractivity contribution in [2.75, 3.05) is 5.43 Å². The molecule has 4 nitrogen and oxygen atoms in total. The Morgan fingerprint density at radius 2 is 2.06 bits per heavy atom. The number of nitrogens with two attached hydrogens (primary N) is 1. The van der Waals surface area contributed by atoms with Gasteiger partial charge in [-0.3, -0.25) is 5.43 Å². The van der Waals surface area contributed by atoms with Crippen molar-refractivity contribution in [3.05, 3.63) is 41.1 Å². The molecule has 2 aromatic rings. The molecule has 0 saturated heterocycles. The second kappa shape index (κ2) is 5.47. The van der Waals surface area contributed by atoms with E-state index in [1.165, 1.54) is 12.3 Å². The Balaban J connectivity index is 2.30. The lowest BCUT2D eigenvalue weighted by Gasteiger charge is -2.05. The molecular weight excluding hydrogens is 282 g/mol. The number of rotatable bonds is 3. The molecule has 8 heteroatoms. The lowest BCUT2D eigenvalue weighted by Crippen LogP contribution is -2.10. The minimum absolute atomic E-state index is 0.185. The van der Waals surface area contributed by atoms with Gasteiger partial charge in [0.2, 0.25) is 5.95 Å². The first-order valence-electron chi connectivity index (χ1n) is 4.72. The fourth-order valence-electron chi connectivity index (χ4n) is 1.14. The SMILES string of the molecule is NNc1ncc(Cl)c(Sc2ccc(F)c(F)c2)n1. The number of hydrazine groups is 1. The molecule has 0 atom stereocenters. The quantitative estimate of drug-likeness (QED) is 0.516. The third kappa shape index (κ3) is 2.87. The van der Waals surface area contributed by atoms with E-state index in [1.807, 2.05) is 0 Å². The molecule has 0 aliphatic heterocycles. The second-order valence-electron chi connectivity index (χ2n) is 3.17. The zero-order valence-corrected chi connectivity index (χ0v) is 10.4. The summed E-state index contributed by atoms with van der Waals surface area (Å²) in [6.07, 6.45) is 1.37. The van der Waals surface area contributed by atoms with Crippen LogP contribution < -0.4 is 11.3 Å². The molecule has 0 unspecified atom stereocenters. The van der Waals surface area contributed by atoms with Gasteiger partial charge in [0.25, 0.3) is 0 Å². The van der Waals surface area contributed by atoms with Gasteiger partial charge in [-0.15, -0.1) is 0 Å². The topological polar surface area (TPSA) is 63.8 Å². The fraction of sp³-hybridized carbons (Fsp3) is 0. The lowest BCUT2D eigenvalue weighted by molar-refractivity contribution is 0.506. The maximum absolute atomic E-state index is 13.0. The summed E-state index contributed by atoms with van der Waals surface area (Å²) in [6.45, 7) is 0. The van der Waals surface area contributed by atoms with E-state index in [-0.39, 0.29) is 5.95 Å². The number of halogens is 3. The van der Waals surface area contributed by atoms with Crippen LogP contribution >= 0.6 is 23.4 Å². The van der Waals surface area contributed by atoms with Gasteiger partial charge < -0.3 is 0 Å². The molecule has 1 aromatic heterocycles. The summed E-state index contributed by atoms with van der Waals surface area (Å²) in [5.74, 6) is 3.52. The number of anilines is 1. The summed E-state index contributed by atoms with van der Waals surface area (Å²) < 4.78 is 25.8. The van der Waals surface area contributed by atoms with Crippen LogP contribution in [0.25, 0.3) is 0 Å². The van der Waals surface area contributed by atoms with Gasteiger partial charge >= 0.3 is 0 Å². The number of nitrogens with one attached hydrogen (secondary N) is 1. The predicted octanol–water partition coefficient (Wildman–Crippen LogP) is 2.85. The fourth-order valence-corrected chi connectivity index (χ4v) is 2.16. The molecule has 1 heterocycles. The Morgan fingerprint density at radius 1 is 1.28 bits per heavy atom. The number of hydrogen-bond donors (Lipinski definition) is 2. The number of benzene rings is 1. The number of nitrogens with zero attached hydrogens (tertiary/aromatic N) is 2. The van der Waals surface area contributed by atoms with Gasteiger partial charge in [-0.25, -0.2) is 24.6 Å². The van der Waals surface area contributed by atoms with Crippen LogP contribution in [0.4, 0.5) is 14.7 Å². The Labute approximate surface area is 111 Å². The summed E-state index contributed by atoms with van der Waals surface area (Å²) in [5.41, 5.74) is 2.27. The molecule has 2 rings (SSSR count). The maximum atomic E-state index is 13.0. The van der Waals surface area contributed by atoms with Crippen molar-refractivity contribution < 1.29 is 8.78 Å². The Kier molecular flexibility index (Phi) is 3.95. The van der Waals surface area contributed by atoms with Crippen molar-refractivity contribution in [2.45, 2.75) is 9.92 Å². The van der Waals surface area contributed by atoms with Crippen LogP contribution in [0.3, 0.4) is 0 Å². The molecule has 0 bridgehead atoms. The van der Waals surface area contributed by atoms with Crippen LogP contribution in [-0.2, 0) is 0 Å². The average Bonchev–Trinajstić information content (AvgIpc) is 2.36. The molecule has 1 aromatic carbocycles. The Bertz CT molecular complexity index is 582. The number of hydrogen-bond acceptors (Lipinski definition) is 5. The van der Waals surface area contributed by atoms with Crippen LogP contribution in [0.5, 0.6) is 0 Å². The molecule has 3 N–H and O–H groups in total. The summed E-state index contributed by atoms with van der Waals surface area (Å²) in [5, 5.41) is 0.689. The standard InChI is InChI=1S/C10H7ClF2N4S/c11-6-4-15-10(17-14)16-9(6)18-5-1-2-7(12)8(13)3-5/h1-4H,14H2,(H,15,16,17). The highest BCUT2D eigenvalue weighted by Gasteiger charge is 2.09. The number of aromatic nitrogens is 2. The van der Waals surface area contributed by atoms with Crippen LogP contribution in [0.2, 0.25) is 5.02 Å². The van der Waals surface area contributed by atoms with E-state index in [2.05, 4.69) is 15.4 Å². The highest BCUT2D eigenvalue weighted by atomic mass is 35.5. The molecule has 94 valence electrons. The largest absolute Gasteiger partial charge is 0.292 e. The molecule has 0 spiro atoms. The molecule has 0 saturated carbocycles. The van der Waals surface area contributed by atoms with Crippen LogP contribution in [0.15, 0.2) is 34.3 Å². The molecule has 0 amide bonds. The molecule has 0 aliphatic carbocycles. The van der Waals surface area contributed by atoms with E-state index in [9.17, 15) is 8.78 Å². The first-order chi connectivity index (χ1) is 8.60. The molecule has 0 aliphatic rings. The minimum atomic E-state index is -0.928. The van der Waals surface area contributed by atoms with E-state index in [0.29, 0.717) is 14.9 Å². The Hall–Kier alpha value is -1.44. The molecule has 0 radical (unpaired) electrons. The first-order valence-corrected chi connectivity index (χ1v) is 5.91. The van der Waals surface area contributed by atoms with Crippen molar-refractivity contribution in [1.82, 2.24) is 9.97 Å². The lowest BCUT2D eigenvalue weighted by atomic mass is 10.3. The van der Waals surface area contributed by atoms with Crippen molar-refractivity contribution in [3.8, 4) is 0 Å². The summed E-state index contributed by atoms with van der Waals surface area (Å²) in [6, 6.07) is 3.53. The van der Waals surface area contributed by atoms with E-state index < -0.39 is 11.6 Å². The third-order valence-corrected chi connectivity index (χ3v) is 3.33. The van der Waals surface area contributed by atoms with Gasteiger partial charge in [0.05, 0.1) is 11.2 Å². The predicted molar refractivity (Wildman–Crippen MR) is 65.3 cm³/mol. The van der Waals surface area contributed by atoms with E-state index in [1.54, 1.807) is 0 Å². The van der Waals surface area contributed by atoms with Gasteiger partial charge in [0.15, 0.2) is 11.6 Å². The summed E-state index contributed by atoms with van der Waals surface area (Å²) in [7, 11) is 0. The van der Waals surface area contributed by atoms with E-state index >= 15 is 0 Å². The highest BCUT2D eigenvalue weighted by Crippen LogP contribution is 2.32. The smallest absolute Gasteiger partial charge is 0.238 e. The molecule has 0 fully saturated rings. The van der Waals surface area contributed by atoms with Crippen molar-refractivity contribution in [3.63, 3.8) is 0 Å². The monoisotopic (exact) mass is 288 g/mol. The van der Waals surface area contributed by atoms with E-state index in [0.717, 1.165) is 23.9 Å². The van der Waals surface area contributed by atoms with Gasteiger partial charge in [0, 0.05) is 4.90 Å². The van der Waals surface area contributed by atoms with Crippen molar-refractivity contribution in [1.29, 1.82) is 0 Å². The number of nitrogen functional groups attached to an aromatic ring is 1. The highest BCUT2D eigenvalue weighted by molar-refractivity contribution is 7.99. The third-order valence-electron chi connectivity index (χ3n) is 1.95. The van der Waals surface area contributed by atoms with Crippen LogP contribution in [0.1, 0.15) is 0 Å².